The minimum absolute atomic E-state index is 0.0503. The Hall–Kier alpha value is -3.22. The molecule has 146 valence electrons. The molecule has 2 aromatic heterocycles. The number of hydrogen-bond acceptors (Lipinski definition) is 4. The minimum atomic E-state index is -0.137. The van der Waals surface area contributed by atoms with Crippen molar-refractivity contribution >= 4 is 5.52 Å². The standard InChI is InChI=1S/C23H22N4O2/c1-29-18-13-26(14-18)21(16-8-4-2-5-9-16)19-15-27-20(23(28)25-19)12-24-22(27)17-10-6-3-7-11-17/h2-12,15,18,21H,13-14H2,1H3,(H,25,28). The van der Waals surface area contributed by atoms with Crippen LogP contribution in [-0.4, -0.2) is 45.6 Å². The summed E-state index contributed by atoms with van der Waals surface area (Å²) in [6, 6.07) is 20.1. The summed E-state index contributed by atoms with van der Waals surface area (Å²) in [7, 11) is 1.74. The Bertz CT molecular complexity index is 1180. The molecule has 29 heavy (non-hydrogen) atoms. The van der Waals surface area contributed by atoms with E-state index in [2.05, 4.69) is 27.0 Å². The van der Waals surface area contributed by atoms with Crippen LogP contribution in [-0.2, 0) is 4.74 Å². The van der Waals surface area contributed by atoms with E-state index in [-0.39, 0.29) is 17.7 Å². The number of nitrogens with zero attached hydrogens (tertiary/aromatic N) is 3. The summed E-state index contributed by atoms with van der Waals surface area (Å²) >= 11 is 0. The molecule has 1 atom stereocenters. The van der Waals surface area contributed by atoms with Crippen LogP contribution in [0.5, 0.6) is 0 Å². The molecular formula is C23H22N4O2. The molecule has 6 nitrogen and oxygen atoms in total. The molecule has 1 aliphatic heterocycles. The monoisotopic (exact) mass is 386 g/mol. The van der Waals surface area contributed by atoms with Crippen LogP contribution >= 0.6 is 0 Å². The first-order valence-corrected chi connectivity index (χ1v) is 9.72. The van der Waals surface area contributed by atoms with Crippen LogP contribution in [0.25, 0.3) is 16.9 Å². The van der Waals surface area contributed by atoms with Gasteiger partial charge in [-0.1, -0.05) is 60.7 Å². The third-order valence-corrected chi connectivity index (χ3v) is 5.57. The fraction of sp³-hybridized carbons (Fsp3) is 0.217. The van der Waals surface area contributed by atoms with E-state index in [9.17, 15) is 4.79 Å². The number of aromatic amines is 1. The first-order chi connectivity index (χ1) is 14.2. The Morgan fingerprint density at radius 1 is 1.07 bits per heavy atom. The number of ether oxygens (including phenoxy) is 1. The zero-order chi connectivity index (χ0) is 19.8. The van der Waals surface area contributed by atoms with Crippen molar-refractivity contribution in [3.05, 3.63) is 94.7 Å². The van der Waals surface area contributed by atoms with E-state index in [1.165, 1.54) is 0 Å². The topological polar surface area (TPSA) is 62.6 Å². The van der Waals surface area contributed by atoms with Crippen molar-refractivity contribution in [3.63, 3.8) is 0 Å². The zero-order valence-corrected chi connectivity index (χ0v) is 16.2. The first kappa shape index (κ1) is 17.8. The van der Waals surface area contributed by atoms with Crippen molar-refractivity contribution in [3.8, 4) is 11.4 Å². The number of methoxy groups -OCH3 is 1. The Morgan fingerprint density at radius 3 is 2.45 bits per heavy atom. The Labute approximate surface area is 168 Å². The Kier molecular flexibility index (Phi) is 4.50. The first-order valence-electron chi connectivity index (χ1n) is 9.72. The van der Waals surface area contributed by atoms with Crippen molar-refractivity contribution in [2.45, 2.75) is 12.1 Å². The molecule has 1 fully saturated rings. The molecule has 4 aromatic rings. The van der Waals surface area contributed by atoms with Crippen molar-refractivity contribution < 1.29 is 4.74 Å². The number of H-pyrrole nitrogens is 1. The van der Waals surface area contributed by atoms with Crippen molar-refractivity contribution in [1.82, 2.24) is 19.3 Å². The van der Waals surface area contributed by atoms with E-state index in [1.54, 1.807) is 13.3 Å². The molecule has 2 aromatic carbocycles. The van der Waals surface area contributed by atoms with Gasteiger partial charge in [0, 0.05) is 32.0 Å². The third kappa shape index (κ3) is 3.16. The normalized spacial score (nSPS) is 16.0. The van der Waals surface area contributed by atoms with Gasteiger partial charge in [0.1, 0.15) is 11.3 Å². The van der Waals surface area contributed by atoms with Crippen LogP contribution in [0, 0.1) is 0 Å². The SMILES string of the molecule is COC1CN(C(c2ccccc2)c2cn3c(-c4ccccc4)ncc3c(=O)[nH]2)C1. The van der Waals surface area contributed by atoms with Crippen LogP contribution in [0.4, 0.5) is 0 Å². The van der Waals surface area contributed by atoms with E-state index in [1.807, 2.05) is 59.1 Å². The molecule has 0 aliphatic carbocycles. The number of fused-ring (bicyclic) bond motifs is 1. The second-order valence-corrected chi connectivity index (χ2v) is 7.37. The van der Waals surface area contributed by atoms with Crippen molar-refractivity contribution in [2.75, 3.05) is 20.2 Å². The van der Waals surface area contributed by atoms with Gasteiger partial charge in [0.25, 0.3) is 5.56 Å². The Balaban J connectivity index is 1.65. The predicted molar refractivity (Wildman–Crippen MR) is 112 cm³/mol. The van der Waals surface area contributed by atoms with E-state index >= 15 is 0 Å². The smallest absolute Gasteiger partial charge is 0.274 e. The number of benzene rings is 2. The van der Waals surface area contributed by atoms with Crippen LogP contribution in [0.1, 0.15) is 17.3 Å². The van der Waals surface area contributed by atoms with Gasteiger partial charge in [-0.2, -0.15) is 0 Å². The predicted octanol–water partition coefficient (Wildman–Crippen LogP) is 3.11. The lowest BCUT2D eigenvalue weighted by Gasteiger charge is -2.43. The van der Waals surface area contributed by atoms with Crippen molar-refractivity contribution in [1.29, 1.82) is 0 Å². The molecule has 0 bridgehead atoms. The molecule has 5 rings (SSSR count). The van der Waals surface area contributed by atoms with E-state index < -0.39 is 0 Å². The van der Waals surface area contributed by atoms with Crippen LogP contribution in [0.2, 0.25) is 0 Å². The van der Waals surface area contributed by atoms with E-state index in [0.29, 0.717) is 5.52 Å². The Morgan fingerprint density at radius 2 is 1.76 bits per heavy atom. The van der Waals surface area contributed by atoms with Gasteiger partial charge in [-0.05, 0) is 5.56 Å². The molecule has 1 aliphatic rings. The molecule has 1 unspecified atom stereocenters. The molecule has 1 N–H and O–H groups in total. The average molecular weight is 386 g/mol. The number of imidazole rings is 1. The maximum Gasteiger partial charge on any atom is 0.274 e. The van der Waals surface area contributed by atoms with Gasteiger partial charge < -0.3 is 9.72 Å². The zero-order valence-electron chi connectivity index (χ0n) is 16.2. The summed E-state index contributed by atoms with van der Waals surface area (Å²) in [5, 5.41) is 0. The maximum absolute atomic E-state index is 12.9. The highest BCUT2D eigenvalue weighted by Crippen LogP contribution is 2.32. The molecule has 0 radical (unpaired) electrons. The molecule has 1 saturated heterocycles. The van der Waals surface area contributed by atoms with Crippen molar-refractivity contribution in [2.24, 2.45) is 0 Å². The quantitative estimate of drug-likeness (QED) is 0.573. The van der Waals surface area contributed by atoms with Gasteiger partial charge in [0.2, 0.25) is 0 Å². The highest BCUT2D eigenvalue weighted by Gasteiger charge is 2.35. The lowest BCUT2D eigenvalue weighted by atomic mass is 9.97. The summed E-state index contributed by atoms with van der Waals surface area (Å²) in [5.41, 5.74) is 3.36. The van der Waals surface area contributed by atoms with Crippen LogP contribution in [0.3, 0.4) is 0 Å². The molecule has 0 amide bonds. The van der Waals surface area contributed by atoms with Gasteiger partial charge in [-0.15, -0.1) is 0 Å². The summed E-state index contributed by atoms with van der Waals surface area (Å²) < 4.78 is 7.36. The van der Waals surface area contributed by atoms with Gasteiger partial charge in [0.15, 0.2) is 0 Å². The maximum atomic E-state index is 12.9. The second-order valence-electron chi connectivity index (χ2n) is 7.37. The van der Waals surface area contributed by atoms with Crippen LogP contribution in [0.15, 0.2) is 77.9 Å². The highest BCUT2D eigenvalue weighted by molar-refractivity contribution is 5.61. The van der Waals surface area contributed by atoms with Crippen LogP contribution < -0.4 is 5.56 Å². The van der Waals surface area contributed by atoms with Gasteiger partial charge in [0.05, 0.1) is 24.0 Å². The lowest BCUT2D eigenvalue weighted by molar-refractivity contribution is -0.0446. The van der Waals surface area contributed by atoms with Gasteiger partial charge in [-0.3, -0.25) is 14.1 Å². The molecular weight excluding hydrogens is 364 g/mol. The molecule has 0 saturated carbocycles. The number of rotatable bonds is 5. The largest absolute Gasteiger partial charge is 0.379 e. The summed E-state index contributed by atoms with van der Waals surface area (Å²) in [4.78, 5) is 22.8. The summed E-state index contributed by atoms with van der Waals surface area (Å²) in [6.07, 6.45) is 3.86. The molecule has 3 heterocycles. The second kappa shape index (κ2) is 7.31. The van der Waals surface area contributed by atoms with E-state index in [0.717, 1.165) is 35.7 Å². The number of aromatic nitrogens is 3. The van der Waals surface area contributed by atoms with Gasteiger partial charge >= 0.3 is 0 Å². The van der Waals surface area contributed by atoms with E-state index in [4.69, 9.17) is 4.74 Å². The third-order valence-electron chi connectivity index (χ3n) is 5.57. The summed E-state index contributed by atoms with van der Waals surface area (Å²) in [6.45, 7) is 1.65. The summed E-state index contributed by atoms with van der Waals surface area (Å²) in [5.74, 6) is 0.762. The minimum Gasteiger partial charge on any atom is -0.379 e. The molecule has 6 heteroatoms. The van der Waals surface area contributed by atoms with Gasteiger partial charge in [-0.25, -0.2) is 4.98 Å². The molecule has 0 spiro atoms. The average Bonchev–Trinajstić information content (AvgIpc) is 3.16. The highest BCUT2D eigenvalue weighted by atomic mass is 16.5. The fourth-order valence-electron chi connectivity index (χ4n) is 4.02. The number of nitrogens with one attached hydrogen (secondary N) is 1. The number of hydrogen-bond donors (Lipinski definition) is 1. The lowest BCUT2D eigenvalue weighted by Crippen LogP contribution is -2.53. The number of likely N-dealkylation sites (tertiary alicyclic amines) is 1. The fourth-order valence-corrected chi connectivity index (χ4v) is 4.02.